The minimum absolute atomic E-state index is 0. The van der Waals surface area contributed by atoms with Gasteiger partial charge in [0.2, 0.25) is 0 Å². The highest BCUT2D eigenvalue weighted by molar-refractivity contribution is 7.59. The zero-order chi connectivity index (χ0) is 7.14. The molecule has 2 aliphatic heterocycles. The Morgan fingerprint density at radius 1 is 0.909 bits per heavy atom. The molecule has 0 radical (unpaired) electrons. The van der Waals surface area contributed by atoms with Gasteiger partial charge in [0.1, 0.15) is 24.4 Å². The van der Waals surface area contributed by atoms with Gasteiger partial charge in [0.25, 0.3) is 0 Å². The second-order valence-corrected chi connectivity index (χ2v) is 2.73. The van der Waals surface area contributed by atoms with Gasteiger partial charge in [0.15, 0.2) is 0 Å². The Bertz CT molecular complexity index is 127. The van der Waals surface area contributed by atoms with Crippen molar-refractivity contribution in [3.8, 4) is 0 Å². The smallest absolute Gasteiger partial charge is 0.114 e. The number of ether oxygens (including phenoxy) is 2. The van der Waals surface area contributed by atoms with Crippen LogP contribution in [0.1, 0.15) is 0 Å². The molecule has 0 aromatic heterocycles. The maximum Gasteiger partial charge on any atom is 0.114 e. The van der Waals surface area contributed by atoms with Gasteiger partial charge in [-0.1, -0.05) is 0 Å². The molecule has 66 valence electrons. The minimum atomic E-state index is -0.554. The predicted molar refractivity (Wildman–Crippen MR) is 41.9 cm³/mol. The number of rotatable bonds is 0. The Labute approximate surface area is 71.6 Å². The molecule has 5 heteroatoms. The van der Waals surface area contributed by atoms with E-state index < -0.39 is 12.2 Å². The lowest BCUT2D eigenvalue weighted by Crippen LogP contribution is -2.30. The predicted octanol–water partition coefficient (Wildman–Crippen LogP) is -1.38. The molecular weight excluding hydrogens is 168 g/mol. The van der Waals surface area contributed by atoms with E-state index in [0.29, 0.717) is 0 Å². The molecule has 0 saturated carbocycles. The molecule has 4 atom stereocenters. The first kappa shape index (κ1) is 9.28. The van der Waals surface area contributed by atoms with Crippen molar-refractivity contribution in [3.05, 3.63) is 0 Å². The van der Waals surface area contributed by atoms with Crippen LogP contribution in [0.2, 0.25) is 0 Å². The van der Waals surface area contributed by atoms with Gasteiger partial charge in [0, 0.05) is 0 Å². The van der Waals surface area contributed by atoms with E-state index in [0.717, 1.165) is 0 Å². The molecule has 0 bridgehead atoms. The summed E-state index contributed by atoms with van der Waals surface area (Å²) in [5.41, 5.74) is 0. The Kier molecular flexibility index (Phi) is 2.77. The lowest BCUT2D eigenvalue weighted by Gasteiger charge is -2.09. The van der Waals surface area contributed by atoms with E-state index in [1.165, 1.54) is 0 Å². The highest BCUT2D eigenvalue weighted by Gasteiger charge is 2.46. The summed E-state index contributed by atoms with van der Waals surface area (Å²) in [5.74, 6) is 0. The molecule has 2 rings (SSSR count). The van der Waals surface area contributed by atoms with Crippen LogP contribution in [-0.2, 0) is 9.47 Å². The van der Waals surface area contributed by atoms with Gasteiger partial charge in [-0.05, 0) is 0 Å². The molecule has 0 aromatic rings. The third-order valence-corrected chi connectivity index (χ3v) is 2.00. The summed E-state index contributed by atoms with van der Waals surface area (Å²) >= 11 is 0. The van der Waals surface area contributed by atoms with Crippen LogP contribution in [0.4, 0.5) is 0 Å². The van der Waals surface area contributed by atoms with Crippen molar-refractivity contribution in [2.45, 2.75) is 24.4 Å². The summed E-state index contributed by atoms with van der Waals surface area (Å²) in [5, 5.41) is 18.3. The van der Waals surface area contributed by atoms with Gasteiger partial charge in [-0.3, -0.25) is 0 Å². The van der Waals surface area contributed by atoms with E-state index in [1.54, 1.807) is 0 Å². The number of fused-ring (bicyclic) bond motifs is 1. The van der Waals surface area contributed by atoms with E-state index in [9.17, 15) is 0 Å². The van der Waals surface area contributed by atoms with Crippen LogP contribution in [0.5, 0.6) is 0 Å². The quantitative estimate of drug-likeness (QED) is 0.482. The Balaban J connectivity index is 0.000000605. The normalized spacial score (nSPS) is 48.5. The first-order chi connectivity index (χ1) is 4.79. The largest absolute Gasteiger partial charge is 0.388 e. The average Bonchev–Trinajstić information content (AvgIpc) is 2.41. The van der Waals surface area contributed by atoms with Crippen LogP contribution < -0.4 is 0 Å². The molecule has 2 heterocycles. The van der Waals surface area contributed by atoms with Crippen molar-refractivity contribution >= 4 is 13.5 Å². The van der Waals surface area contributed by atoms with Crippen LogP contribution in [0.25, 0.3) is 0 Å². The van der Waals surface area contributed by atoms with Crippen molar-refractivity contribution in [3.63, 3.8) is 0 Å². The van der Waals surface area contributed by atoms with E-state index in [4.69, 9.17) is 19.7 Å². The molecule has 11 heavy (non-hydrogen) atoms. The van der Waals surface area contributed by atoms with Gasteiger partial charge in [-0.15, -0.1) is 0 Å². The first-order valence-electron chi connectivity index (χ1n) is 3.38. The van der Waals surface area contributed by atoms with Gasteiger partial charge < -0.3 is 19.7 Å². The Morgan fingerprint density at radius 3 is 1.64 bits per heavy atom. The van der Waals surface area contributed by atoms with Gasteiger partial charge in [-0.2, -0.15) is 13.5 Å². The van der Waals surface area contributed by atoms with Crippen molar-refractivity contribution in [2.24, 2.45) is 0 Å². The third-order valence-electron chi connectivity index (χ3n) is 2.00. The minimum Gasteiger partial charge on any atom is -0.388 e. The summed E-state index contributed by atoms with van der Waals surface area (Å²) in [4.78, 5) is 0. The second-order valence-electron chi connectivity index (χ2n) is 2.73. The third kappa shape index (κ3) is 1.39. The molecule has 0 amide bonds. The monoisotopic (exact) mass is 180 g/mol. The van der Waals surface area contributed by atoms with Crippen LogP contribution in [-0.4, -0.2) is 47.8 Å². The van der Waals surface area contributed by atoms with E-state index in [-0.39, 0.29) is 38.9 Å². The Hall–Kier alpha value is 0.190. The molecule has 0 spiro atoms. The molecule has 2 aliphatic rings. The van der Waals surface area contributed by atoms with Crippen molar-refractivity contribution in [2.75, 3.05) is 13.2 Å². The lowest BCUT2D eigenvalue weighted by atomic mass is 10.1. The topological polar surface area (TPSA) is 58.9 Å². The zero-order valence-corrected chi connectivity index (χ0v) is 6.93. The first-order valence-corrected chi connectivity index (χ1v) is 3.38. The van der Waals surface area contributed by atoms with E-state index >= 15 is 0 Å². The van der Waals surface area contributed by atoms with E-state index in [2.05, 4.69) is 0 Å². The lowest BCUT2D eigenvalue weighted by molar-refractivity contribution is 0.00205. The number of hydrogen-bond donors (Lipinski definition) is 2. The summed E-state index contributed by atoms with van der Waals surface area (Å²) in [6.07, 6.45) is -1.70. The standard InChI is InChI=1S/C6H10O4.H2S/c7-3-1-9-6-4(8)2-10-5(3)6;/h3-8H,1-2H2;1H2/t3-,4?,5+,6+;/m0./s1. The highest BCUT2D eigenvalue weighted by Crippen LogP contribution is 2.26. The second kappa shape index (κ2) is 3.28. The zero-order valence-electron chi connectivity index (χ0n) is 5.93. The molecule has 0 aromatic carbocycles. The molecule has 2 N–H and O–H groups in total. The molecular formula is C6H12O4S. The van der Waals surface area contributed by atoms with Crippen molar-refractivity contribution in [1.29, 1.82) is 0 Å². The number of aliphatic hydroxyl groups excluding tert-OH is 2. The average molecular weight is 180 g/mol. The number of hydrogen-bond acceptors (Lipinski definition) is 4. The molecule has 2 saturated heterocycles. The fourth-order valence-corrected chi connectivity index (χ4v) is 1.46. The van der Waals surface area contributed by atoms with Crippen molar-refractivity contribution < 1.29 is 19.7 Å². The highest BCUT2D eigenvalue weighted by atomic mass is 32.1. The maximum absolute atomic E-state index is 9.16. The molecule has 2 fully saturated rings. The summed E-state index contributed by atoms with van der Waals surface area (Å²) < 4.78 is 10.2. The summed E-state index contributed by atoms with van der Waals surface area (Å²) in [6.45, 7) is 0.568. The van der Waals surface area contributed by atoms with Crippen LogP contribution >= 0.6 is 13.5 Å². The van der Waals surface area contributed by atoms with E-state index in [1.807, 2.05) is 0 Å². The van der Waals surface area contributed by atoms with Gasteiger partial charge in [-0.25, -0.2) is 0 Å². The van der Waals surface area contributed by atoms with Crippen LogP contribution in [0, 0.1) is 0 Å². The van der Waals surface area contributed by atoms with Crippen molar-refractivity contribution in [1.82, 2.24) is 0 Å². The Morgan fingerprint density at radius 2 is 1.27 bits per heavy atom. The SMILES string of the molecule is OC1CO[C@H]2[C@@H]1OC[C@@H]2O.S. The van der Waals surface area contributed by atoms with Gasteiger partial charge >= 0.3 is 0 Å². The van der Waals surface area contributed by atoms with Crippen LogP contribution in [0.3, 0.4) is 0 Å². The summed E-state index contributed by atoms with van der Waals surface area (Å²) in [7, 11) is 0. The maximum atomic E-state index is 9.16. The molecule has 1 unspecified atom stereocenters. The van der Waals surface area contributed by atoms with Crippen LogP contribution in [0.15, 0.2) is 0 Å². The summed E-state index contributed by atoms with van der Waals surface area (Å²) in [6, 6.07) is 0. The molecule has 4 nitrogen and oxygen atoms in total. The molecule has 0 aliphatic carbocycles. The number of aliphatic hydroxyl groups is 2. The fraction of sp³-hybridized carbons (Fsp3) is 1.00. The fourth-order valence-electron chi connectivity index (χ4n) is 1.46. The van der Waals surface area contributed by atoms with Gasteiger partial charge in [0.05, 0.1) is 13.2 Å².